The minimum atomic E-state index is -2.91. The average molecular weight is 449 g/mol. The van der Waals surface area contributed by atoms with Gasteiger partial charge in [-0.25, -0.2) is 8.42 Å². The molecule has 0 N–H and O–H groups in total. The molecule has 160 valence electrons. The number of carbonyl (C=O) groups is 2. The molecule has 0 radical (unpaired) electrons. The monoisotopic (exact) mass is 448 g/mol. The molecular formula is C20H24N4O4S2. The van der Waals surface area contributed by atoms with Crippen LogP contribution in [0.4, 0.5) is 5.69 Å². The number of sulfone groups is 1. The number of hydrogen-bond donors (Lipinski definition) is 0. The summed E-state index contributed by atoms with van der Waals surface area (Å²) in [7, 11) is -1.07. The average Bonchev–Trinajstić information content (AvgIpc) is 3.40. The van der Waals surface area contributed by atoms with E-state index in [9.17, 15) is 18.0 Å². The van der Waals surface area contributed by atoms with Gasteiger partial charge in [-0.3, -0.25) is 9.59 Å². The van der Waals surface area contributed by atoms with Crippen LogP contribution < -0.4 is 4.90 Å². The molecule has 2 fully saturated rings. The van der Waals surface area contributed by atoms with Crippen LogP contribution in [-0.2, 0) is 28.1 Å². The van der Waals surface area contributed by atoms with Gasteiger partial charge >= 0.3 is 0 Å². The van der Waals surface area contributed by atoms with Gasteiger partial charge in [0, 0.05) is 37.7 Å². The number of thioether (sulfide) groups is 1. The molecular weight excluding hydrogens is 424 g/mol. The molecule has 10 heteroatoms. The molecule has 2 aliphatic rings. The normalized spacial score (nSPS) is 20.8. The van der Waals surface area contributed by atoms with Crippen molar-refractivity contribution in [2.24, 2.45) is 13.0 Å². The minimum absolute atomic E-state index is 0.0225. The van der Waals surface area contributed by atoms with Crippen molar-refractivity contribution in [3.05, 3.63) is 35.7 Å². The van der Waals surface area contributed by atoms with Gasteiger partial charge in [0.25, 0.3) is 0 Å². The number of carbonyl (C=O) groups excluding carboxylic acids is 2. The van der Waals surface area contributed by atoms with Crippen LogP contribution in [0, 0.1) is 5.92 Å². The van der Waals surface area contributed by atoms with Crippen LogP contribution in [-0.4, -0.2) is 58.7 Å². The molecule has 1 amide bonds. The Morgan fingerprint density at radius 2 is 2.00 bits per heavy atom. The predicted molar refractivity (Wildman–Crippen MR) is 115 cm³/mol. The first-order valence-corrected chi connectivity index (χ1v) is 12.8. The highest BCUT2D eigenvalue weighted by Gasteiger charge is 2.29. The number of aromatic nitrogens is 3. The molecule has 2 aromatic rings. The smallest absolute Gasteiger partial charge is 0.227 e. The second kappa shape index (κ2) is 8.50. The zero-order chi connectivity index (χ0) is 21.3. The highest BCUT2D eigenvalue weighted by atomic mass is 32.2. The summed E-state index contributed by atoms with van der Waals surface area (Å²) in [5.41, 5.74) is 1.42. The lowest BCUT2D eigenvalue weighted by molar-refractivity contribution is -0.117. The Kier molecular flexibility index (Phi) is 5.97. The van der Waals surface area contributed by atoms with Crippen LogP contribution in [0.25, 0.3) is 0 Å². The summed E-state index contributed by atoms with van der Waals surface area (Å²) in [6, 6.07) is 7.15. The van der Waals surface area contributed by atoms with Crippen molar-refractivity contribution in [1.82, 2.24) is 14.8 Å². The quantitative estimate of drug-likeness (QED) is 0.471. The largest absolute Gasteiger partial charge is 0.312 e. The molecule has 0 aliphatic carbocycles. The topological polar surface area (TPSA) is 102 Å². The van der Waals surface area contributed by atoms with E-state index >= 15 is 0 Å². The molecule has 3 heterocycles. The fourth-order valence-electron chi connectivity index (χ4n) is 3.90. The van der Waals surface area contributed by atoms with Crippen molar-refractivity contribution in [3.63, 3.8) is 0 Å². The molecule has 2 saturated heterocycles. The summed E-state index contributed by atoms with van der Waals surface area (Å²) >= 11 is 1.32. The van der Waals surface area contributed by atoms with Crippen LogP contribution >= 0.6 is 11.8 Å². The van der Waals surface area contributed by atoms with E-state index in [2.05, 4.69) is 10.2 Å². The third kappa shape index (κ3) is 4.59. The second-order valence-electron chi connectivity index (χ2n) is 7.84. The van der Waals surface area contributed by atoms with Crippen molar-refractivity contribution in [2.75, 3.05) is 28.7 Å². The minimum Gasteiger partial charge on any atom is -0.312 e. The Bertz CT molecular complexity index is 1060. The third-order valence-corrected chi connectivity index (χ3v) is 8.49. The van der Waals surface area contributed by atoms with E-state index in [0.29, 0.717) is 30.0 Å². The molecule has 8 nitrogen and oxygen atoms in total. The lowest BCUT2D eigenvalue weighted by Gasteiger charge is -2.15. The SMILES string of the molecule is Cn1c(C[C@H]2CCS(=O)(=O)C2)nnc1SCC(=O)c1ccc(N2CCCC2=O)cc1. The maximum Gasteiger partial charge on any atom is 0.227 e. The first-order chi connectivity index (χ1) is 14.3. The lowest BCUT2D eigenvalue weighted by Crippen LogP contribution is -2.23. The fraction of sp³-hybridized carbons (Fsp3) is 0.500. The van der Waals surface area contributed by atoms with E-state index in [0.717, 1.165) is 24.5 Å². The number of rotatable bonds is 7. The zero-order valence-electron chi connectivity index (χ0n) is 16.8. The number of anilines is 1. The van der Waals surface area contributed by atoms with E-state index in [1.165, 1.54) is 11.8 Å². The number of benzene rings is 1. The number of hydrogen-bond acceptors (Lipinski definition) is 7. The molecule has 1 aromatic carbocycles. The molecule has 1 atom stereocenters. The molecule has 1 aromatic heterocycles. The van der Waals surface area contributed by atoms with Crippen LogP contribution in [0.2, 0.25) is 0 Å². The van der Waals surface area contributed by atoms with Gasteiger partial charge in [-0.1, -0.05) is 11.8 Å². The van der Waals surface area contributed by atoms with Crippen molar-refractivity contribution >= 4 is 39.0 Å². The molecule has 0 spiro atoms. The van der Waals surface area contributed by atoms with Crippen molar-refractivity contribution < 1.29 is 18.0 Å². The van der Waals surface area contributed by atoms with E-state index in [-0.39, 0.29) is 34.9 Å². The number of Topliss-reactive ketones (excluding diaryl/α,β-unsaturated/α-hetero) is 1. The number of ketones is 1. The summed E-state index contributed by atoms with van der Waals surface area (Å²) in [6.07, 6.45) is 2.68. The zero-order valence-corrected chi connectivity index (χ0v) is 18.4. The summed E-state index contributed by atoms with van der Waals surface area (Å²) < 4.78 is 25.1. The predicted octanol–water partition coefficient (Wildman–Crippen LogP) is 1.89. The summed E-state index contributed by atoms with van der Waals surface area (Å²) in [6.45, 7) is 0.725. The van der Waals surface area contributed by atoms with Crippen molar-refractivity contribution in [3.8, 4) is 0 Å². The van der Waals surface area contributed by atoms with E-state index in [1.54, 1.807) is 17.0 Å². The molecule has 0 saturated carbocycles. The van der Waals surface area contributed by atoms with E-state index in [1.807, 2.05) is 23.7 Å². The van der Waals surface area contributed by atoms with Crippen LogP contribution in [0.15, 0.2) is 29.4 Å². The Morgan fingerprint density at radius 3 is 2.63 bits per heavy atom. The Hall–Kier alpha value is -2.20. The molecule has 30 heavy (non-hydrogen) atoms. The van der Waals surface area contributed by atoms with Gasteiger partial charge in [-0.2, -0.15) is 0 Å². The summed E-state index contributed by atoms with van der Waals surface area (Å²) in [5.74, 6) is 1.61. The summed E-state index contributed by atoms with van der Waals surface area (Å²) in [5, 5.41) is 8.99. The van der Waals surface area contributed by atoms with Gasteiger partial charge in [-0.15, -0.1) is 10.2 Å². The third-order valence-electron chi connectivity index (χ3n) is 5.63. The fourth-order valence-corrected chi connectivity index (χ4v) is 6.59. The van der Waals surface area contributed by atoms with Crippen molar-refractivity contribution in [1.29, 1.82) is 0 Å². The standard InChI is InChI=1S/C20H24N4O4S2/c1-23-18(11-14-8-10-30(27,28)13-14)21-22-20(23)29-12-17(25)15-4-6-16(7-5-15)24-9-2-3-19(24)26/h4-7,14H,2-3,8-13H2,1H3/t14-/m1/s1. The molecule has 4 rings (SSSR count). The van der Waals surface area contributed by atoms with Gasteiger partial charge in [-0.05, 0) is 43.0 Å². The van der Waals surface area contributed by atoms with Gasteiger partial charge in [0.2, 0.25) is 5.91 Å². The molecule has 0 unspecified atom stereocenters. The first kappa shape index (κ1) is 21.0. The van der Waals surface area contributed by atoms with Gasteiger partial charge in [0.05, 0.1) is 17.3 Å². The van der Waals surface area contributed by atoms with Crippen LogP contribution in [0.1, 0.15) is 35.4 Å². The van der Waals surface area contributed by atoms with E-state index < -0.39 is 9.84 Å². The van der Waals surface area contributed by atoms with Gasteiger partial charge < -0.3 is 9.47 Å². The highest BCUT2D eigenvalue weighted by Crippen LogP contribution is 2.25. The van der Waals surface area contributed by atoms with Crippen molar-refractivity contribution in [2.45, 2.75) is 30.8 Å². The van der Waals surface area contributed by atoms with Gasteiger partial charge in [0.1, 0.15) is 5.82 Å². The molecule has 0 bridgehead atoms. The van der Waals surface area contributed by atoms with Crippen LogP contribution in [0.5, 0.6) is 0 Å². The highest BCUT2D eigenvalue weighted by molar-refractivity contribution is 7.99. The number of amides is 1. The Labute approximate surface area is 180 Å². The first-order valence-electron chi connectivity index (χ1n) is 9.97. The van der Waals surface area contributed by atoms with E-state index in [4.69, 9.17) is 0 Å². The molecule has 2 aliphatic heterocycles. The van der Waals surface area contributed by atoms with Crippen LogP contribution in [0.3, 0.4) is 0 Å². The maximum absolute atomic E-state index is 12.6. The lowest BCUT2D eigenvalue weighted by atomic mass is 10.1. The van der Waals surface area contributed by atoms with Gasteiger partial charge in [0.15, 0.2) is 20.8 Å². The summed E-state index contributed by atoms with van der Waals surface area (Å²) in [4.78, 5) is 26.1. The maximum atomic E-state index is 12.6. The second-order valence-corrected chi connectivity index (χ2v) is 11.0. The number of nitrogens with zero attached hydrogens (tertiary/aromatic N) is 4. The Morgan fingerprint density at radius 1 is 1.23 bits per heavy atom. The Balaban J connectivity index is 1.34.